The summed E-state index contributed by atoms with van der Waals surface area (Å²) in [6, 6.07) is 5.77. The molecule has 2 aliphatic rings. The summed E-state index contributed by atoms with van der Waals surface area (Å²) in [6.07, 6.45) is 7.08. The van der Waals surface area contributed by atoms with Crippen molar-refractivity contribution in [3.8, 4) is 0 Å². The molecule has 130 valence electrons. The summed E-state index contributed by atoms with van der Waals surface area (Å²) in [5.74, 6) is 0.831. The van der Waals surface area contributed by atoms with Crippen molar-refractivity contribution in [3.05, 3.63) is 53.7 Å². The third kappa shape index (κ3) is 2.81. The summed E-state index contributed by atoms with van der Waals surface area (Å²) >= 11 is 0. The number of pyridine rings is 1. The number of aryl methyl sites for hydroxylation is 1. The van der Waals surface area contributed by atoms with Crippen LogP contribution in [0.3, 0.4) is 0 Å². The minimum absolute atomic E-state index is 0.0111. The number of piperidine rings is 1. The Bertz CT molecular complexity index is 786. The van der Waals surface area contributed by atoms with Crippen LogP contribution in [0.15, 0.2) is 41.3 Å². The topological polar surface area (TPSA) is 66.7 Å². The largest absolute Gasteiger partial charge is 0.469 e. The van der Waals surface area contributed by atoms with Gasteiger partial charge in [-0.2, -0.15) is 0 Å². The third-order valence-electron chi connectivity index (χ3n) is 5.34. The molecule has 6 heteroatoms. The highest BCUT2D eigenvalue weighted by molar-refractivity contribution is 5.95. The number of rotatable bonds is 3. The lowest BCUT2D eigenvalue weighted by molar-refractivity contribution is -0.138. The van der Waals surface area contributed by atoms with Crippen molar-refractivity contribution >= 4 is 11.8 Å². The molecule has 2 fully saturated rings. The van der Waals surface area contributed by atoms with Gasteiger partial charge in [-0.15, -0.1) is 0 Å². The fourth-order valence-electron chi connectivity index (χ4n) is 4.05. The van der Waals surface area contributed by atoms with E-state index in [1.165, 1.54) is 0 Å². The van der Waals surface area contributed by atoms with Gasteiger partial charge in [-0.3, -0.25) is 14.6 Å². The molecule has 0 spiro atoms. The Labute approximate surface area is 146 Å². The number of likely N-dealkylation sites (tertiary alicyclic amines) is 2. The first-order valence-electron chi connectivity index (χ1n) is 8.68. The molecule has 6 nitrogen and oxygen atoms in total. The van der Waals surface area contributed by atoms with Crippen molar-refractivity contribution in [2.75, 3.05) is 6.54 Å². The lowest BCUT2D eigenvalue weighted by Crippen LogP contribution is -2.52. The molecular formula is C19H21N3O3. The van der Waals surface area contributed by atoms with Gasteiger partial charge in [-0.05, 0) is 43.5 Å². The summed E-state index contributed by atoms with van der Waals surface area (Å²) in [4.78, 5) is 33.3. The SMILES string of the molecule is Cc1occc1C(=O)N1CC[C@H]2[C@@H]1CCC(=O)N2Cc1ccncc1. The molecule has 0 saturated carbocycles. The van der Waals surface area contributed by atoms with Crippen LogP contribution in [0.1, 0.15) is 40.9 Å². The predicted octanol–water partition coefficient (Wildman–Crippen LogP) is 2.39. The van der Waals surface area contributed by atoms with Crippen molar-refractivity contribution in [2.45, 2.75) is 44.8 Å². The summed E-state index contributed by atoms with van der Waals surface area (Å²) in [5, 5.41) is 0. The van der Waals surface area contributed by atoms with E-state index in [9.17, 15) is 9.59 Å². The molecule has 2 aliphatic heterocycles. The van der Waals surface area contributed by atoms with E-state index in [1.54, 1.807) is 31.6 Å². The van der Waals surface area contributed by atoms with Crippen LogP contribution in [0.4, 0.5) is 0 Å². The molecular weight excluding hydrogens is 318 g/mol. The van der Waals surface area contributed by atoms with Crippen LogP contribution < -0.4 is 0 Å². The molecule has 2 saturated heterocycles. The van der Waals surface area contributed by atoms with Gasteiger partial charge in [0.25, 0.3) is 5.91 Å². The van der Waals surface area contributed by atoms with Gasteiger partial charge >= 0.3 is 0 Å². The monoisotopic (exact) mass is 339 g/mol. The first-order chi connectivity index (χ1) is 12.1. The number of amides is 2. The summed E-state index contributed by atoms with van der Waals surface area (Å²) in [7, 11) is 0. The van der Waals surface area contributed by atoms with Crippen LogP contribution in [-0.2, 0) is 11.3 Å². The molecule has 2 aromatic rings. The first kappa shape index (κ1) is 15.9. The van der Waals surface area contributed by atoms with Gasteiger partial charge in [0.1, 0.15) is 5.76 Å². The zero-order valence-corrected chi connectivity index (χ0v) is 14.2. The molecule has 2 aromatic heterocycles. The second kappa shape index (κ2) is 6.35. The van der Waals surface area contributed by atoms with E-state index in [4.69, 9.17) is 4.42 Å². The maximum absolute atomic E-state index is 12.9. The van der Waals surface area contributed by atoms with E-state index >= 15 is 0 Å². The summed E-state index contributed by atoms with van der Waals surface area (Å²) in [5.41, 5.74) is 1.69. The second-order valence-electron chi connectivity index (χ2n) is 6.73. The summed E-state index contributed by atoms with van der Waals surface area (Å²) in [6.45, 7) is 3.06. The van der Waals surface area contributed by atoms with Crippen molar-refractivity contribution in [1.29, 1.82) is 0 Å². The first-order valence-corrected chi connectivity index (χ1v) is 8.68. The third-order valence-corrected chi connectivity index (χ3v) is 5.34. The van der Waals surface area contributed by atoms with Gasteiger partial charge in [0.15, 0.2) is 0 Å². The van der Waals surface area contributed by atoms with Crippen LogP contribution >= 0.6 is 0 Å². The molecule has 2 amide bonds. The summed E-state index contributed by atoms with van der Waals surface area (Å²) < 4.78 is 5.28. The van der Waals surface area contributed by atoms with E-state index < -0.39 is 0 Å². The van der Waals surface area contributed by atoms with Crippen molar-refractivity contribution in [3.63, 3.8) is 0 Å². The zero-order chi connectivity index (χ0) is 17.4. The number of hydrogen-bond acceptors (Lipinski definition) is 4. The van der Waals surface area contributed by atoms with Gasteiger partial charge in [0, 0.05) is 31.9 Å². The van der Waals surface area contributed by atoms with Crippen LogP contribution in [0, 0.1) is 6.92 Å². The molecule has 0 aliphatic carbocycles. The predicted molar refractivity (Wildman–Crippen MR) is 90.7 cm³/mol. The normalized spacial score (nSPS) is 23.0. The molecule has 0 unspecified atom stereocenters. The lowest BCUT2D eigenvalue weighted by Gasteiger charge is -2.39. The zero-order valence-electron chi connectivity index (χ0n) is 14.2. The molecule has 25 heavy (non-hydrogen) atoms. The standard InChI is InChI=1S/C19H21N3O3/c1-13-15(7-11-25-13)19(24)21-10-6-17-16(21)2-3-18(23)22(17)12-14-4-8-20-9-5-14/h4-5,7-9,11,16-17H,2-3,6,10,12H2,1H3/t16-,17-/m0/s1. The maximum Gasteiger partial charge on any atom is 0.257 e. The number of carbonyl (C=O) groups excluding carboxylic acids is 2. The fraction of sp³-hybridized carbons (Fsp3) is 0.421. The van der Waals surface area contributed by atoms with E-state index in [-0.39, 0.29) is 23.9 Å². The molecule has 2 atom stereocenters. The Morgan fingerprint density at radius 1 is 1.24 bits per heavy atom. The van der Waals surface area contributed by atoms with E-state index in [0.717, 1.165) is 18.4 Å². The molecule has 0 radical (unpaired) electrons. The second-order valence-corrected chi connectivity index (χ2v) is 6.73. The fourth-order valence-corrected chi connectivity index (χ4v) is 4.05. The Hall–Kier alpha value is -2.63. The van der Waals surface area contributed by atoms with Crippen LogP contribution in [-0.4, -0.2) is 45.2 Å². The van der Waals surface area contributed by atoms with Crippen molar-refractivity contribution < 1.29 is 14.0 Å². The quantitative estimate of drug-likeness (QED) is 0.861. The Kier molecular flexibility index (Phi) is 4.03. The Morgan fingerprint density at radius 2 is 2.04 bits per heavy atom. The molecule has 0 bridgehead atoms. The van der Waals surface area contributed by atoms with Crippen LogP contribution in [0.25, 0.3) is 0 Å². The average Bonchev–Trinajstić information content (AvgIpc) is 3.24. The smallest absolute Gasteiger partial charge is 0.257 e. The van der Waals surface area contributed by atoms with Crippen molar-refractivity contribution in [1.82, 2.24) is 14.8 Å². The molecule has 4 heterocycles. The molecule has 4 rings (SSSR count). The van der Waals surface area contributed by atoms with E-state index in [2.05, 4.69) is 4.98 Å². The van der Waals surface area contributed by atoms with Crippen LogP contribution in [0.2, 0.25) is 0 Å². The number of carbonyl (C=O) groups is 2. The van der Waals surface area contributed by atoms with Gasteiger partial charge in [-0.1, -0.05) is 0 Å². The van der Waals surface area contributed by atoms with E-state index in [1.807, 2.05) is 21.9 Å². The lowest BCUT2D eigenvalue weighted by atomic mass is 9.95. The molecule has 0 N–H and O–H groups in total. The number of aromatic nitrogens is 1. The molecule has 0 aromatic carbocycles. The Morgan fingerprint density at radius 3 is 2.76 bits per heavy atom. The maximum atomic E-state index is 12.9. The highest BCUT2D eigenvalue weighted by Crippen LogP contribution is 2.33. The van der Waals surface area contributed by atoms with Gasteiger partial charge < -0.3 is 14.2 Å². The number of furan rings is 1. The highest BCUT2D eigenvalue weighted by Gasteiger charge is 2.45. The van der Waals surface area contributed by atoms with Gasteiger partial charge in [0.05, 0.1) is 23.9 Å². The van der Waals surface area contributed by atoms with Crippen LogP contribution in [0.5, 0.6) is 0 Å². The minimum atomic E-state index is 0.0111. The van der Waals surface area contributed by atoms with Gasteiger partial charge in [0.2, 0.25) is 5.91 Å². The Balaban J connectivity index is 1.55. The highest BCUT2D eigenvalue weighted by atomic mass is 16.3. The number of nitrogens with zero attached hydrogens (tertiary/aromatic N) is 3. The van der Waals surface area contributed by atoms with Gasteiger partial charge in [-0.25, -0.2) is 0 Å². The number of fused-ring (bicyclic) bond motifs is 1. The van der Waals surface area contributed by atoms with E-state index in [0.29, 0.717) is 30.8 Å². The minimum Gasteiger partial charge on any atom is -0.469 e. The average molecular weight is 339 g/mol. The number of hydrogen-bond donors (Lipinski definition) is 0. The van der Waals surface area contributed by atoms with Crippen molar-refractivity contribution in [2.24, 2.45) is 0 Å².